The summed E-state index contributed by atoms with van der Waals surface area (Å²) in [6.45, 7) is 0. The van der Waals surface area contributed by atoms with Gasteiger partial charge in [0.1, 0.15) is 11.3 Å². The molecular formula is C20H20N4O2. The molecule has 2 heterocycles. The van der Waals surface area contributed by atoms with Gasteiger partial charge >= 0.3 is 0 Å². The Morgan fingerprint density at radius 3 is 2.85 bits per heavy atom. The lowest BCUT2D eigenvalue weighted by Crippen LogP contribution is -2.27. The van der Waals surface area contributed by atoms with Crippen molar-refractivity contribution in [1.82, 2.24) is 9.97 Å². The average Bonchev–Trinajstić information content (AvgIpc) is 3.07. The number of carbonyl (C=O) groups excluding carboxylic acids is 1. The van der Waals surface area contributed by atoms with Gasteiger partial charge in [-0.05, 0) is 48.9 Å². The predicted molar refractivity (Wildman–Crippen MR) is 99.8 cm³/mol. The molecule has 1 aromatic carbocycles. The van der Waals surface area contributed by atoms with Crippen LogP contribution in [0.15, 0.2) is 34.9 Å². The number of fused-ring (bicyclic) bond motifs is 2. The lowest BCUT2D eigenvalue weighted by atomic mass is 9.90. The normalized spacial score (nSPS) is 17.0. The van der Waals surface area contributed by atoms with Crippen LogP contribution in [0.1, 0.15) is 36.8 Å². The van der Waals surface area contributed by atoms with Crippen molar-refractivity contribution in [3.05, 3.63) is 41.7 Å². The first-order chi connectivity index (χ1) is 12.7. The van der Waals surface area contributed by atoms with E-state index >= 15 is 0 Å². The smallest absolute Gasteiger partial charge is 0.229 e. The van der Waals surface area contributed by atoms with Crippen LogP contribution in [0.25, 0.3) is 11.1 Å². The van der Waals surface area contributed by atoms with Crippen molar-refractivity contribution in [1.29, 1.82) is 0 Å². The van der Waals surface area contributed by atoms with Gasteiger partial charge < -0.3 is 15.1 Å². The van der Waals surface area contributed by atoms with E-state index in [0.717, 1.165) is 29.0 Å². The molecule has 5 rings (SSSR count). The van der Waals surface area contributed by atoms with Crippen molar-refractivity contribution >= 4 is 34.3 Å². The van der Waals surface area contributed by atoms with E-state index in [2.05, 4.69) is 26.7 Å². The van der Waals surface area contributed by atoms with Crippen molar-refractivity contribution < 1.29 is 9.21 Å². The van der Waals surface area contributed by atoms with Gasteiger partial charge in [-0.1, -0.05) is 6.07 Å². The summed E-state index contributed by atoms with van der Waals surface area (Å²) in [4.78, 5) is 20.8. The predicted octanol–water partition coefficient (Wildman–Crippen LogP) is 3.99. The third kappa shape index (κ3) is 2.81. The number of ketones is 1. The Morgan fingerprint density at radius 2 is 2.00 bits per heavy atom. The maximum absolute atomic E-state index is 11.6. The molecule has 0 spiro atoms. The molecule has 2 aliphatic rings. The van der Waals surface area contributed by atoms with Gasteiger partial charge in [0, 0.05) is 30.6 Å². The molecule has 0 amide bonds. The van der Waals surface area contributed by atoms with Crippen LogP contribution < -0.4 is 10.6 Å². The molecule has 2 aliphatic carbocycles. The molecule has 2 N–H and O–H groups in total. The van der Waals surface area contributed by atoms with E-state index in [0.29, 0.717) is 36.2 Å². The molecule has 2 aromatic heterocycles. The zero-order valence-corrected chi connectivity index (χ0v) is 14.4. The zero-order valence-electron chi connectivity index (χ0n) is 14.4. The van der Waals surface area contributed by atoms with E-state index in [1.165, 1.54) is 24.8 Å². The molecule has 0 saturated heterocycles. The van der Waals surface area contributed by atoms with Gasteiger partial charge in [-0.2, -0.15) is 4.98 Å². The van der Waals surface area contributed by atoms with Crippen LogP contribution in [-0.4, -0.2) is 21.8 Å². The van der Waals surface area contributed by atoms with Gasteiger partial charge in [-0.3, -0.25) is 4.79 Å². The maximum atomic E-state index is 11.6. The summed E-state index contributed by atoms with van der Waals surface area (Å²) in [6, 6.07) is 8.43. The molecule has 6 nitrogen and oxygen atoms in total. The number of nitrogens with one attached hydrogen (secondary N) is 2. The number of anilines is 3. The van der Waals surface area contributed by atoms with Gasteiger partial charge in [0.2, 0.25) is 5.95 Å². The van der Waals surface area contributed by atoms with Gasteiger partial charge in [-0.15, -0.1) is 0 Å². The minimum atomic E-state index is 0.318. The minimum Gasteiger partial charge on any atom is -0.459 e. The largest absolute Gasteiger partial charge is 0.459 e. The summed E-state index contributed by atoms with van der Waals surface area (Å²) in [5, 5.41) is 6.77. The van der Waals surface area contributed by atoms with Crippen molar-refractivity contribution in [3.8, 4) is 0 Å². The lowest BCUT2D eigenvalue weighted by molar-refractivity contribution is -0.118. The van der Waals surface area contributed by atoms with Gasteiger partial charge in [0.05, 0.1) is 6.26 Å². The molecule has 1 fully saturated rings. The lowest BCUT2D eigenvalue weighted by Gasteiger charge is -2.26. The van der Waals surface area contributed by atoms with E-state index < -0.39 is 0 Å². The summed E-state index contributed by atoms with van der Waals surface area (Å²) >= 11 is 0. The van der Waals surface area contributed by atoms with Crippen molar-refractivity contribution in [2.45, 2.75) is 44.6 Å². The summed E-state index contributed by atoms with van der Waals surface area (Å²) in [7, 11) is 0. The highest BCUT2D eigenvalue weighted by atomic mass is 16.3. The Labute approximate surface area is 151 Å². The van der Waals surface area contributed by atoms with Crippen LogP contribution in [0, 0.1) is 0 Å². The second-order valence-corrected chi connectivity index (χ2v) is 7.13. The molecule has 3 aromatic rings. The molecular weight excluding hydrogens is 328 g/mol. The van der Waals surface area contributed by atoms with E-state index in [9.17, 15) is 4.79 Å². The molecule has 6 heteroatoms. The summed E-state index contributed by atoms with van der Waals surface area (Å²) in [5.74, 6) is 1.61. The number of hydrogen-bond acceptors (Lipinski definition) is 6. The molecule has 0 unspecified atom stereocenters. The Bertz CT molecular complexity index is 991. The van der Waals surface area contributed by atoms with Gasteiger partial charge in [0.25, 0.3) is 0 Å². The van der Waals surface area contributed by atoms with Crippen LogP contribution in [0.4, 0.5) is 17.5 Å². The quantitative estimate of drug-likeness (QED) is 0.742. The summed E-state index contributed by atoms with van der Waals surface area (Å²) in [5.41, 5.74) is 4.78. The second kappa shape index (κ2) is 6.12. The van der Waals surface area contributed by atoms with Gasteiger partial charge in [0.15, 0.2) is 11.4 Å². The second-order valence-electron chi connectivity index (χ2n) is 7.13. The first-order valence-corrected chi connectivity index (χ1v) is 9.17. The maximum Gasteiger partial charge on any atom is 0.229 e. The molecule has 132 valence electrons. The fourth-order valence-corrected chi connectivity index (χ4v) is 3.58. The monoisotopic (exact) mass is 348 g/mol. The number of hydrogen-bond donors (Lipinski definition) is 2. The summed E-state index contributed by atoms with van der Waals surface area (Å²) < 4.78 is 5.56. The Morgan fingerprint density at radius 1 is 1.08 bits per heavy atom. The Hall–Kier alpha value is -2.89. The molecule has 0 aliphatic heterocycles. The number of furan rings is 1. The molecule has 26 heavy (non-hydrogen) atoms. The zero-order chi connectivity index (χ0) is 17.5. The summed E-state index contributed by atoms with van der Waals surface area (Å²) in [6.07, 6.45) is 7.21. The third-order valence-electron chi connectivity index (χ3n) is 5.27. The van der Waals surface area contributed by atoms with Crippen LogP contribution in [0.2, 0.25) is 0 Å². The van der Waals surface area contributed by atoms with E-state index in [4.69, 9.17) is 4.42 Å². The molecule has 0 radical (unpaired) electrons. The number of carbonyl (C=O) groups is 1. The topological polar surface area (TPSA) is 80.0 Å². The first kappa shape index (κ1) is 15.4. The average molecular weight is 348 g/mol. The SMILES string of the molecule is O=C1CCc2cc(Nc3nc(NC4CCC4)c4occc4n3)ccc2C1. The number of Topliss-reactive ketones (excluding diaryl/α,β-unsaturated/α-hetero) is 1. The minimum absolute atomic E-state index is 0.318. The third-order valence-corrected chi connectivity index (χ3v) is 5.27. The molecule has 0 bridgehead atoms. The van der Waals surface area contributed by atoms with E-state index in [1.54, 1.807) is 6.26 Å². The highest BCUT2D eigenvalue weighted by molar-refractivity contribution is 5.85. The Balaban J connectivity index is 1.44. The van der Waals surface area contributed by atoms with Crippen LogP contribution in [0.5, 0.6) is 0 Å². The van der Waals surface area contributed by atoms with Crippen LogP contribution in [-0.2, 0) is 17.6 Å². The van der Waals surface area contributed by atoms with Crippen molar-refractivity contribution in [2.75, 3.05) is 10.6 Å². The number of aromatic nitrogens is 2. The van der Waals surface area contributed by atoms with E-state index in [-0.39, 0.29) is 0 Å². The van der Waals surface area contributed by atoms with Gasteiger partial charge in [-0.25, -0.2) is 4.98 Å². The number of aryl methyl sites for hydroxylation is 1. The number of nitrogens with zero attached hydrogens (tertiary/aromatic N) is 2. The molecule has 0 atom stereocenters. The fraction of sp³-hybridized carbons (Fsp3) is 0.350. The highest BCUT2D eigenvalue weighted by Crippen LogP contribution is 2.30. The highest BCUT2D eigenvalue weighted by Gasteiger charge is 2.21. The molecule has 1 saturated carbocycles. The Kier molecular flexibility index (Phi) is 3.62. The first-order valence-electron chi connectivity index (χ1n) is 9.17. The van der Waals surface area contributed by atoms with Crippen LogP contribution in [0.3, 0.4) is 0 Å². The van der Waals surface area contributed by atoms with Crippen molar-refractivity contribution in [2.24, 2.45) is 0 Å². The van der Waals surface area contributed by atoms with E-state index in [1.807, 2.05) is 18.2 Å². The number of benzene rings is 1. The fourth-order valence-electron chi connectivity index (χ4n) is 3.58. The van der Waals surface area contributed by atoms with Crippen molar-refractivity contribution in [3.63, 3.8) is 0 Å². The number of rotatable bonds is 4. The standard InChI is InChI=1S/C20H20N4O2/c25-16-7-5-12-10-15(6-4-13(12)11-16)22-20-23-17-8-9-26-18(17)19(24-20)21-14-2-1-3-14/h4,6,8-10,14H,1-3,5,7,11H2,(H2,21,22,23,24). The van der Waals surface area contributed by atoms with Crippen LogP contribution >= 0.6 is 0 Å².